The Morgan fingerprint density at radius 3 is 2.76 bits per heavy atom. The van der Waals surface area contributed by atoms with Crippen LogP contribution >= 0.6 is 12.6 Å². The van der Waals surface area contributed by atoms with E-state index in [9.17, 15) is 0 Å². The summed E-state index contributed by atoms with van der Waals surface area (Å²) in [5.74, 6) is 1.36. The molecule has 0 bridgehead atoms. The highest BCUT2D eigenvalue weighted by Gasteiger charge is 2.04. The number of hydrogen-bond acceptors (Lipinski definition) is 5. The lowest BCUT2D eigenvalue weighted by molar-refractivity contribution is 0.135. The summed E-state index contributed by atoms with van der Waals surface area (Å²) in [6.45, 7) is 1.82. The van der Waals surface area contributed by atoms with Crippen LogP contribution < -0.4 is 0 Å². The molecular weight excluding hydrogens is 236 g/mol. The second-order valence-electron chi connectivity index (χ2n) is 3.41. The highest BCUT2D eigenvalue weighted by atomic mass is 32.1. The van der Waals surface area contributed by atoms with E-state index in [4.69, 9.17) is 4.74 Å². The molecule has 0 fully saturated rings. The topological polar surface area (TPSA) is 52.8 Å². The number of rotatable bonds is 6. The van der Waals surface area contributed by atoms with Gasteiger partial charge in [0.2, 0.25) is 5.82 Å². The first kappa shape index (κ1) is 12.1. The maximum atomic E-state index is 5.30. The van der Waals surface area contributed by atoms with Crippen molar-refractivity contribution in [1.82, 2.24) is 20.2 Å². The van der Waals surface area contributed by atoms with Crippen LogP contribution in [0, 0.1) is 0 Å². The summed E-state index contributed by atoms with van der Waals surface area (Å²) in [7, 11) is 0. The maximum Gasteiger partial charge on any atom is 0.204 e. The van der Waals surface area contributed by atoms with Gasteiger partial charge in [-0.2, -0.15) is 17.4 Å². The van der Waals surface area contributed by atoms with Gasteiger partial charge in [-0.05, 0) is 5.21 Å². The van der Waals surface area contributed by atoms with Crippen LogP contribution in [0.1, 0.15) is 0 Å². The van der Waals surface area contributed by atoms with Crippen LogP contribution in [0.4, 0.5) is 0 Å². The molecule has 6 heteroatoms. The lowest BCUT2D eigenvalue weighted by atomic mass is 10.2. The standard InChI is InChI=1S/C11H14N4OS/c17-9-8-16-7-6-15-13-11(12-14-15)10-4-2-1-3-5-10/h1-5,17H,6-9H2. The minimum absolute atomic E-state index is 0.575. The first-order valence-electron chi connectivity index (χ1n) is 5.42. The van der Waals surface area contributed by atoms with Gasteiger partial charge in [0.1, 0.15) is 0 Å². The Morgan fingerprint density at radius 1 is 1.18 bits per heavy atom. The van der Waals surface area contributed by atoms with Crippen LogP contribution in [-0.4, -0.2) is 39.2 Å². The summed E-state index contributed by atoms with van der Waals surface area (Å²) in [6.07, 6.45) is 0. The van der Waals surface area contributed by atoms with Crippen LogP contribution in [0.15, 0.2) is 30.3 Å². The van der Waals surface area contributed by atoms with Crippen molar-refractivity contribution in [3.63, 3.8) is 0 Å². The van der Waals surface area contributed by atoms with Crippen molar-refractivity contribution in [1.29, 1.82) is 0 Å². The highest BCUT2D eigenvalue weighted by molar-refractivity contribution is 7.80. The number of benzene rings is 1. The van der Waals surface area contributed by atoms with Gasteiger partial charge in [0, 0.05) is 11.3 Å². The van der Waals surface area contributed by atoms with Gasteiger partial charge in [-0.1, -0.05) is 30.3 Å². The maximum absolute atomic E-state index is 5.30. The number of thiol groups is 1. The van der Waals surface area contributed by atoms with Gasteiger partial charge >= 0.3 is 0 Å². The molecule has 0 amide bonds. The molecule has 2 rings (SSSR count). The molecule has 0 radical (unpaired) electrons. The summed E-state index contributed by atoms with van der Waals surface area (Å²) in [6, 6.07) is 9.77. The van der Waals surface area contributed by atoms with Crippen LogP contribution in [-0.2, 0) is 11.3 Å². The lowest BCUT2D eigenvalue weighted by Crippen LogP contribution is -2.10. The number of nitrogens with zero attached hydrogens (tertiary/aromatic N) is 4. The average Bonchev–Trinajstić information content (AvgIpc) is 2.85. The van der Waals surface area contributed by atoms with Crippen LogP contribution in [0.5, 0.6) is 0 Å². The normalized spacial score (nSPS) is 10.6. The summed E-state index contributed by atoms with van der Waals surface area (Å²) in [5.41, 5.74) is 0.968. The van der Waals surface area contributed by atoms with E-state index in [1.54, 1.807) is 4.80 Å². The van der Waals surface area contributed by atoms with Crippen molar-refractivity contribution >= 4 is 12.6 Å². The summed E-state index contributed by atoms with van der Waals surface area (Å²) >= 11 is 4.06. The fraction of sp³-hybridized carbons (Fsp3) is 0.364. The van der Waals surface area contributed by atoms with Gasteiger partial charge in [-0.3, -0.25) is 0 Å². The van der Waals surface area contributed by atoms with E-state index in [1.807, 2.05) is 30.3 Å². The minimum Gasteiger partial charge on any atom is -0.379 e. The molecule has 1 aromatic carbocycles. The van der Waals surface area contributed by atoms with Crippen LogP contribution in [0.25, 0.3) is 11.4 Å². The molecule has 0 unspecified atom stereocenters. The zero-order chi connectivity index (χ0) is 11.9. The highest BCUT2D eigenvalue weighted by Crippen LogP contribution is 2.11. The summed E-state index contributed by atoms with van der Waals surface area (Å²) < 4.78 is 5.30. The Labute approximate surface area is 105 Å². The van der Waals surface area contributed by atoms with E-state index in [0.29, 0.717) is 25.6 Å². The van der Waals surface area contributed by atoms with Crippen molar-refractivity contribution in [2.75, 3.05) is 19.0 Å². The third-order valence-corrected chi connectivity index (χ3v) is 2.34. The van der Waals surface area contributed by atoms with E-state index in [2.05, 4.69) is 28.0 Å². The van der Waals surface area contributed by atoms with E-state index >= 15 is 0 Å². The molecule has 2 aromatic rings. The zero-order valence-electron chi connectivity index (χ0n) is 9.36. The molecular formula is C11H14N4OS. The number of aromatic nitrogens is 4. The Morgan fingerprint density at radius 2 is 2.00 bits per heavy atom. The number of tetrazole rings is 1. The molecule has 0 spiro atoms. The third-order valence-electron chi connectivity index (χ3n) is 2.16. The number of hydrogen-bond donors (Lipinski definition) is 1. The van der Waals surface area contributed by atoms with Gasteiger partial charge in [0.05, 0.1) is 19.8 Å². The molecule has 17 heavy (non-hydrogen) atoms. The van der Waals surface area contributed by atoms with E-state index < -0.39 is 0 Å². The minimum atomic E-state index is 0.575. The quantitative estimate of drug-likeness (QED) is 0.620. The SMILES string of the molecule is SCCOCCn1nnc(-c2ccccc2)n1. The molecule has 0 aliphatic rings. The van der Waals surface area contributed by atoms with Gasteiger partial charge in [-0.15, -0.1) is 10.2 Å². The van der Waals surface area contributed by atoms with E-state index in [-0.39, 0.29) is 0 Å². The fourth-order valence-corrected chi connectivity index (χ4v) is 1.48. The average molecular weight is 250 g/mol. The summed E-state index contributed by atoms with van der Waals surface area (Å²) in [5, 5.41) is 12.2. The van der Waals surface area contributed by atoms with Crippen molar-refractivity contribution < 1.29 is 4.74 Å². The van der Waals surface area contributed by atoms with Crippen molar-refractivity contribution in [3.05, 3.63) is 30.3 Å². The Bertz CT molecular complexity index is 446. The molecule has 0 N–H and O–H groups in total. The molecule has 1 aromatic heterocycles. The fourth-order valence-electron chi connectivity index (χ4n) is 1.35. The lowest BCUT2D eigenvalue weighted by Gasteiger charge is -1.99. The molecule has 90 valence electrons. The van der Waals surface area contributed by atoms with Crippen molar-refractivity contribution in [3.8, 4) is 11.4 Å². The summed E-state index contributed by atoms with van der Waals surface area (Å²) in [4.78, 5) is 1.54. The predicted octanol–water partition coefficient (Wildman–Crippen LogP) is 1.29. The van der Waals surface area contributed by atoms with Crippen LogP contribution in [0.3, 0.4) is 0 Å². The second kappa shape index (κ2) is 6.36. The molecule has 0 atom stereocenters. The Kier molecular flexibility index (Phi) is 4.52. The third kappa shape index (κ3) is 3.54. The molecule has 0 saturated heterocycles. The smallest absolute Gasteiger partial charge is 0.204 e. The van der Waals surface area contributed by atoms with E-state index in [0.717, 1.165) is 11.3 Å². The molecule has 1 heterocycles. The van der Waals surface area contributed by atoms with Gasteiger partial charge < -0.3 is 4.74 Å². The predicted molar refractivity (Wildman–Crippen MR) is 67.9 cm³/mol. The molecule has 0 aliphatic carbocycles. The first-order valence-corrected chi connectivity index (χ1v) is 6.05. The van der Waals surface area contributed by atoms with Gasteiger partial charge in [0.25, 0.3) is 0 Å². The zero-order valence-corrected chi connectivity index (χ0v) is 10.3. The van der Waals surface area contributed by atoms with E-state index in [1.165, 1.54) is 0 Å². The Hall–Kier alpha value is -1.40. The first-order chi connectivity index (χ1) is 8.40. The molecule has 0 aliphatic heterocycles. The van der Waals surface area contributed by atoms with Gasteiger partial charge in [0.15, 0.2) is 0 Å². The van der Waals surface area contributed by atoms with Gasteiger partial charge in [-0.25, -0.2) is 0 Å². The molecule has 0 saturated carbocycles. The molecule has 5 nitrogen and oxygen atoms in total. The van der Waals surface area contributed by atoms with Crippen molar-refractivity contribution in [2.45, 2.75) is 6.54 Å². The van der Waals surface area contributed by atoms with Crippen LogP contribution in [0.2, 0.25) is 0 Å². The second-order valence-corrected chi connectivity index (χ2v) is 3.86. The largest absolute Gasteiger partial charge is 0.379 e. The monoisotopic (exact) mass is 250 g/mol. The number of ether oxygens (including phenoxy) is 1. The Balaban J connectivity index is 1.92. The van der Waals surface area contributed by atoms with Crippen molar-refractivity contribution in [2.24, 2.45) is 0 Å².